The number of nitrogens with zero attached hydrogens (tertiary/aromatic N) is 4. The molecule has 6 heteroatoms. The molecule has 2 aliphatic rings. The SMILES string of the molecule is CC(C)N1c2nc(Cl)ncc2N(C)C(=O)C12CCC2. The number of rotatable bonds is 1. The Labute approximate surface area is 117 Å². The number of likely N-dealkylation sites (N-methyl/N-ethyl adjacent to an activating group) is 1. The zero-order valence-electron chi connectivity index (χ0n) is 11.4. The molecule has 0 unspecified atom stereocenters. The van der Waals surface area contributed by atoms with E-state index in [0.717, 1.165) is 30.8 Å². The lowest BCUT2D eigenvalue weighted by atomic mass is 9.72. The first-order valence-corrected chi connectivity index (χ1v) is 6.95. The van der Waals surface area contributed by atoms with Crippen molar-refractivity contribution in [3.63, 3.8) is 0 Å². The molecule has 102 valence electrons. The summed E-state index contributed by atoms with van der Waals surface area (Å²) in [4.78, 5) is 24.8. The van der Waals surface area contributed by atoms with Gasteiger partial charge in [0.2, 0.25) is 5.28 Å². The number of carbonyl (C=O) groups excluding carboxylic acids is 1. The van der Waals surface area contributed by atoms with Gasteiger partial charge in [-0.15, -0.1) is 0 Å². The highest BCUT2D eigenvalue weighted by Crippen LogP contribution is 2.48. The molecule has 5 nitrogen and oxygen atoms in total. The number of fused-ring (bicyclic) bond motifs is 1. The average Bonchev–Trinajstić information content (AvgIpc) is 2.30. The van der Waals surface area contributed by atoms with E-state index in [1.807, 2.05) is 0 Å². The van der Waals surface area contributed by atoms with Crippen LogP contribution in [0.3, 0.4) is 0 Å². The van der Waals surface area contributed by atoms with Gasteiger partial charge in [0.15, 0.2) is 5.82 Å². The highest BCUT2D eigenvalue weighted by atomic mass is 35.5. The fourth-order valence-electron chi connectivity index (χ4n) is 3.19. The van der Waals surface area contributed by atoms with Gasteiger partial charge in [0.25, 0.3) is 5.91 Å². The van der Waals surface area contributed by atoms with Crippen LogP contribution in [-0.2, 0) is 4.79 Å². The van der Waals surface area contributed by atoms with E-state index in [-0.39, 0.29) is 17.2 Å². The van der Waals surface area contributed by atoms with E-state index in [9.17, 15) is 4.79 Å². The van der Waals surface area contributed by atoms with Gasteiger partial charge in [-0.1, -0.05) is 0 Å². The second-order valence-electron chi connectivity index (χ2n) is 5.56. The molecule has 0 saturated heterocycles. The van der Waals surface area contributed by atoms with Crippen molar-refractivity contribution in [1.82, 2.24) is 9.97 Å². The Morgan fingerprint density at radius 3 is 2.63 bits per heavy atom. The summed E-state index contributed by atoms with van der Waals surface area (Å²) < 4.78 is 0. The minimum absolute atomic E-state index is 0.144. The molecule has 1 aromatic heterocycles. The minimum atomic E-state index is -0.423. The number of aromatic nitrogens is 2. The number of hydrogen-bond acceptors (Lipinski definition) is 4. The monoisotopic (exact) mass is 280 g/mol. The van der Waals surface area contributed by atoms with Crippen LogP contribution in [0, 0.1) is 0 Å². The van der Waals surface area contributed by atoms with Crippen molar-refractivity contribution >= 4 is 29.0 Å². The lowest BCUT2D eigenvalue weighted by molar-refractivity contribution is -0.127. The first kappa shape index (κ1) is 12.7. The number of anilines is 2. The minimum Gasteiger partial charge on any atom is -0.338 e. The van der Waals surface area contributed by atoms with E-state index in [1.54, 1.807) is 18.1 Å². The van der Waals surface area contributed by atoms with Gasteiger partial charge in [0.05, 0.1) is 6.20 Å². The summed E-state index contributed by atoms with van der Waals surface area (Å²) in [6.07, 6.45) is 4.48. The lowest BCUT2D eigenvalue weighted by Gasteiger charge is -2.55. The largest absolute Gasteiger partial charge is 0.338 e. The summed E-state index contributed by atoms with van der Waals surface area (Å²) in [5.74, 6) is 0.919. The van der Waals surface area contributed by atoms with Crippen LogP contribution in [0.1, 0.15) is 33.1 Å². The smallest absolute Gasteiger partial charge is 0.252 e. The summed E-state index contributed by atoms with van der Waals surface area (Å²) in [7, 11) is 1.79. The van der Waals surface area contributed by atoms with Gasteiger partial charge in [0, 0.05) is 13.1 Å². The Morgan fingerprint density at radius 2 is 2.11 bits per heavy atom. The summed E-state index contributed by atoms with van der Waals surface area (Å²) >= 11 is 5.93. The van der Waals surface area contributed by atoms with Gasteiger partial charge in [-0.05, 0) is 44.7 Å². The average molecular weight is 281 g/mol. The first-order chi connectivity index (χ1) is 8.97. The molecular weight excluding hydrogens is 264 g/mol. The van der Waals surface area contributed by atoms with E-state index in [4.69, 9.17) is 11.6 Å². The normalized spacial score (nSPS) is 20.8. The highest BCUT2D eigenvalue weighted by Gasteiger charge is 2.55. The zero-order chi connectivity index (χ0) is 13.8. The van der Waals surface area contributed by atoms with Gasteiger partial charge >= 0.3 is 0 Å². The number of carbonyl (C=O) groups is 1. The van der Waals surface area contributed by atoms with Crippen LogP contribution in [-0.4, -0.2) is 34.5 Å². The fraction of sp³-hybridized carbons (Fsp3) is 0.615. The third kappa shape index (κ3) is 1.57. The molecule has 0 radical (unpaired) electrons. The van der Waals surface area contributed by atoms with Crippen molar-refractivity contribution in [2.45, 2.75) is 44.7 Å². The second kappa shape index (κ2) is 4.07. The topological polar surface area (TPSA) is 49.3 Å². The predicted molar refractivity (Wildman–Crippen MR) is 74.6 cm³/mol. The third-order valence-corrected chi connectivity index (χ3v) is 4.35. The summed E-state index contributed by atoms with van der Waals surface area (Å²) in [6, 6.07) is 0.197. The van der Waals surface area contributed by atoms with Crippen LogP contribution in [0.15, 0.2) is 6.20 Å². The van der Waals surface area contributed by atoms with Crippen molar-refractivity contribution in [2.75, 3.05) is 16.8 Å². The lowest BCUT2D eigenvalue weighted by Crippen LogP contribution is -2.68. The van der Waals surface area contributed by atoms with E-state index < -0.39 is 5.54 Å². The predicted octanol–water partition coefficient (Wildman–Crippen LogP) is 2.24. The van der Waals surface area contributed by atoms with E-state index in [0.29, 0.717) is 0 Å². The summed E-state index contributed by atoms with van der Waals surface area (Å²) in [5, 5.41) is 0.224. The molecule has 1 aromatic rings. The number of halogens is 1. The Kier molecular flexibility index (Phi) is 2.71. The molecule has 1 fully saturated rings. The molecule has 19 heavy (non-hydrogen) atoms. The van der Waals surface area contributed by atoms with Gasteiger partial charge in [0.1, 0.15) is 11.2 Å². The molecule has 0 aromatic carbocycles. The number of hydrogen-bond donors (Lipinski definition) is 0. The molecule has 1 amide bonds. The first-order valence-electron chi connectivity index (χ1n) is 6.57. The molecule has 2 heterocycles. The molecule has 0 N–H and O–H groups in total. The van der Waals surface area contributed by atoms with Crippen LogP contribution >= 0.6 is 11.6 Å². The van der Waals surface area contributed by atoms with Gasteiger partial charge < -0.3 is 9.80 Å². The van der Waals surface area contributed by atoms with Crippen molar-refractivity contribution in [2.24, 2.45) is 0 Å². The molecular formula is C13H17ClN4O. The van der Waals surface area contributed by atoms with Crippen LogP contribution < -0.4 is 9.80 Å². The molecule has 0 atom stereocenters. The molecule has 3 rings (SSSR count). The molecule has 1 aliphatic heterocycles. The molecule has 1 saturated carbocycles. The fourth-order valence-corrected chi connectivity index (χ4v) is 3.32. The number of amides is 1. The maximum atomic E-state index is 12.7. The van der Waals surface area contributed by atoms with Crippen LogP contribution in [0.25, 0.3) is 0 Å². The van der Waals surface area contributed by atoms with Crippen LogP contribution in [0.4, 0.5) is 11.5 Å². The van der Waals surface area contributed by atoms with Crippen molar-refractivity contribution in [1.29, 1.82) is 0 Å². The zero-order valence-corrected chi connectivity index (χ0v) is 12.1. The van der Waals surface area contributed by atoms with Crippen LogP contribution in [0.5, 0.6) is 0 Å². The third-order valence-electron chi connectivity index (χ3n) is 4.17. The maximum Gasteiger partial charge on any atom is 0.252 e. The van der Waals surface area contributed by atoms with E-state index in [1.165, 1.54) is 0 Å². The molecule has 1 aliphatic carbocycles. The Hall–Kier alpha value is -1.36. The van der Waals surface area contributed by atoms with E-state index in [2.05, 4.69) is 28.7 Å². The quantitative estimate of drug-likeness (QED) is 0.741. The van der Waals surface area contributed by atoms with Gasteiger partial charge in [-0.3, -0.25) is 4.79 Å². The Balaban J connectivity index is 2.21. The van der Waals surface area contributed by atoms with Gasteiger partial charge in [-0.25, -0.2) is 4.98 Å². The molecule has 1 spiro atoms. The van der Waals surface area contributed by atoms with Crippen molar-refractivity contribution in [3.8, 4) is 0 Å². The summed E-state index contributed by atoms with van der Waals surface area (Å²) in [5.41, 5.74) is 0.314. The summed E-state index contributed by atoms with van der Waals surface area (Å²) in [6.45, 7) is 4.16. The Bertz CT molecular complexity index is 541. The standard InChI is InChI=1S/C13H17ClN4O/c1-8(2)18-10-9(7-15-12(14)16-10)17(3)11(19)13(18)5-4-6-13/h7-8H,4-6H2,1-3H3. The van der Waals surface area contributed by atoms with E-state index >= 15 is 0 Å². The maximum absolute atomic E-state index is 12.7. The second-order valence-corrected chi connectivity index (χ2v) is 5.90. The Morgan fingerprint density at radius 1 is 1.42 bits per heavy atom. The molecule has 0 bridgehead atoms. The van der Waals surface area contributed by atoms with Crippen LogP contribution in [0.2, 0.25) is 5.28 Å². The van der Waals surface area contributed by atoms with Gasteiger partial charge in [-0.2, -0.15) is 4.98 Å². The highest BCUT2D eigenvalue weighted by molar-refractivity contribution is 6.28. The van der Waals surface area contributed by atoms with Crippen molar-refractivity contribution in [3.05, 3.63) is 11.5 Å². The van der Waals surface area contributed by atoms with Crippen molar-refractivity contribution < 1.29 is 4.79 Å².